The van der Waals surface area contributed by atoms with Crippen LogP contribution < -0.4 is 10.5 Å². The highest BCUT2D eigenvalue weighted by molar-refractivity contribution is 7.89. The minimum atomic E-state index is -4.01. The summed E-state index contributed by atoms with van der Waals surface area (Å²) in [7, 11) is -4.01. The zero-order valence-electron chi connectivity index (χ0n) is 12.2. The van der Waals surface area contributed by atoms with Gasteiger partial charge in [-0.2, -0.15) is 0 Å². The standard InChI is InChI=1S/C12H18N4O6S/c13-23(20,21)9-1-2-10(11(7-9)16(18)19)14-3-4-15-5-6-22-8-12(15)17/h1-2,7,12,14,17H,3-6,8H2,(H2,13,20,21). The molecule has 1 fully saturated rings. The molecule has 10 nitrogen and oxygen atoms in total. The van der Waals surface area contributed by atoms with Crippen molar-refractivity contribution in [2.24, 2.45) is 5.14 Å². The summed E-state index contributed by atoms with van der Waals surface area (Å²) in [5.41, 5.74) is -0.191. The second kappa shape index (κ2) is 7.19. The van der Waals surface area contributed by atoms with E-state index in [9.17, 15) is 23.6 Å². The van der Waals surface area contributed by atoms with Gasteiger partial charge in [-0.1, -0.05) is 0 Å². The Morgan fingerprint density at radius 2 is 2.26 bits per heavy atom. The number of hydrogen-bond acceptors (Lipinski definition) is 8. The number of nitro benzene ring substituents is 1. The molecule has 0 saturated carbocycles. The number of aliphatic hydroxyl groups excluding tert-OH is 1. The lowest BCUT2D eigenvalue weighted by Gasteiger charge is -2.31. The summed E-state index contributed by atoms with van der Waals surface area (Å²) in [6.07, 6.45) is -0.703. The number of sulfonamides is 1. The zero-order valence-corrected chi connectivity index (χ0v) is 13.0. The molecule has 1 atom stereocenters. The number of nitrogens with two attached hydrogens (primary N) is 1. The van der Waals surface area contributed by atoms with Crippen molar-refractivity contribution in [3.05, 3.63) is 28.3 Å². The maximum Gasteiger partial charge on any atom is 0.293 e. The fourth-order valence-corrected chi connectivity index (χ4v) is 2.74. The third-order valence-electron chi connectivity index (χ3n) is 3.42. The van der Waals surface area contributed by atoms with E-state index in [0.29, 0.717) is 26.2 Å². The fourth-order valence-electron chi connectivity index (χ4n) is 2.21. The van der Waals surface area contributed by atoms with Gasteiger partial charge < -0.3 is 15.2 Å². The molecular formula is C12H18N4O6S. The van der Waals surface area contributed by atoms with Gasteiger partial charge in [-0.05, 0) is 12.1 Å². The molecule has 1 aliphatic heterocycles. The number of anilines is 1. The van der Waals surface area contributed by atoms with E-state index >= 15 is 0 Å². The van der Waals surface area contributed by atoms with E-state index in [4.69, 9.17) is 9.88 Å². The minimum Gasteiger partial charge on any atom is -0.378 e. The normalized spacial score (nSPS) is 19.5. The Morgan fingerprint density at radius 1 is 1.52 bits per heavy atom. The molecule has 1 aromatic rings. The van der Waals surface area contributed by atoms with Crippen LogP contribution in [0, 0.1) is 10.1 Å². The molecule has 1 aromatic carbocycles. The molecule has 2 rings (SSSR count). The van der Waals surface area contributed by atoms with Gasteiger partial charge in [0.25, 0.3) is 5.69 Å². The molecule has 23 heavy (non-hydrogen) atoms. The lowest BCUT2D eigenvalue weighted by molar-refractivity contribution is -0.384. The molecule has 4 N–H and O–H groups in total. The van der Waals surface area contributed by atoms with Crippen molar-refractivity contribution in [3.8, 4) is 0 Å². The average molecular weight is 346 g/mol. The Kier molecular flexibility index (Phi) is 5.49. The van der Waals surface area contributed by atoms with E-state index in [1.807, 2.05) is 0 Å². The van der Waals surface area contributed by atoms with E-state index in [1.54, 1.807) is 4.90 Å². The number of nitrogens with zero attached hydrogens (tertiary/aromatic N) is 2. The summed E-state index contributed by atoms with van der Waals surface area (Å²) in [6, 6.07) is 3.42. The molecule has 0 amide bonds. The predicted molar refractivity (Wildman–Crippen MR) is 81.4 cm³/mol. The first-order chi connectivity index (χ1) is 10.8. The first kappa shape index (κ1) is 17.6. The minimum absolute atomic E-state index is 0.185. The van der Waals surface area contributed by atoms with Gasteiger partial charge in [0.2, 0.25) is 10.0 Å². The Labute approximate surface area is 133 Å². The van der Waals surface area contributed by atoms with Crippen molar-refractivity contribution in [1.82, 2.24) is 4.90 Å². The third kappa shape index (κ3) is 4.59. The molecule has 1 saturated heterocycles. The van der Waals surface area contributed by atoms with Crippen LogP contribution in [0.5, 0.6) is 0 Å². The SMILES string of the molecule is NS(=O)(=O)c1ccc(NCCN2CCOCC2O)c([N+](=O)[O-])c1. The van der Waals surface area contributed by atoms with Crippen molar-refractivity contribution >= 4 is 21.4 Å². The molecule has 0 aromatic heterocycles. The highest BCUT2D eigenvalue weighted by Crippen LogP contribution is 2.27. The molecule has 0 radical (unpaired) electrons. The molecule has 0 aliphatic carbocycles. The van der Waals surface area contributed by atoms with E-state index in [0.717, 1.165) is 6.07 Å². The highest BCUT2D eigenvalue weighted by atomic mass is 32.2. The molecule has 128 valence electrons. The Balaban J connectivity index is 2.06. The van der Waals surface area contributed by atoms with Gasteiger partial charge >= 0.3 is 0 Å². The highest BCUT2D eigenvalue weighted by Gasteiger charge is 2.21. The van der Waals surface area contributed by atoms with Crippen molar-refractivity contribution in [2.45, 2.75) is 11.1 Å². The second-order valence-electron chi connectivity index (χ2n) is 5.00. The van der Waals surface area contributed by atoms with Gasteiger partial charge in [0.15, 0.2) is 0 Å². The molecule has 1 unspecified atom stereocenters. The number of nitro groups is 1. The monoisotopic (exact) mass is 346 g/mol. The summed E-state index contributed by atoms with van der Waals surface area (Å²) in [5, 5.41) is 28.6. The summed E-state index contributed by atoms with van der Waals surface area (Å²) in [5.74, 6) is 0. The average Bonchev–Trinajstić information content (AvgIpc) is 2.48. The van der Waals surface area contributed by atoms with Gasteiger partial charge in [0.05, 0.1) is 23.0 Å². The number of ether oxygens (including phenoxy) is 1. The van der Waals surface area contributed by atoms with E-state index in [1.165, 1.54) is 12.1 Å². The third-order valence-corrected chi connectivity index (χ3v) is 4.33. The Bertz CT molecular complexity index is 680. The maximum atomic E-state index is 11.3. The summed E-state index contributed by atoms with van der Waals surface area (Å²) >= 11 is 0. The van der Waals surface area contributed by atoms with Gasteiger partial charge in [-0.15, -0.1) is 0 Å². The molecular weight excluding hydrogens is 328 g/mol. The van der Waals surface area contributed by atoms with E-state index < -0.39 is 21.2 Å². The number of rotatable bonds is 6. The predicted octanol–water partition coefficient (Wildman–Crippen LogP) is -0.695. The van der Waals surface area contributed by atoms with E-state index in [-0.39, 0.29) is 22.9 Å². The molecule has 11 heteroatoms. The van der Waals surface area contributed by atoms with Crippen LogP contribution >= 0.6 is 0 Å². The van der Waals surface area contributed by atoms with Crippen LogP contribution in [-0.4, -0.2) is 62.4 Å². The number of primary sulfonamides is 1. The summed E-state index contributed by atoms with van der Waals surface area (Å²) in [6.45, 7) is 2.10. The molecule has 0 spiro atoms. The number of hydrogen-bond donors (Lipinski definition) is 3. The van der Waals surface area contributed by atoms with Crippen LogP contribution in [0.1, 0.15) is 0 Å². The zero-order chi connectivity index (χ0) is 17.0. The van der Waals surface area contributed by atoms with Gasteiger partial charge in [0, 0.05) is 25.7 Å². The fraction of sp³-hybridized carbons (Fsp3) is 0.500. The summed E-state index contributed by atoms with van der Waals surface area (Å²) < 4.78 is 27.6. The van der Waals surface area contributed by atoms with Crippen LogP contribution in [0.4, 0.5) is 11.4 Å². The number of nitrogens with one attached hydrogen (secondary N) is 1. The Hall–Kier alpha value is -1.79. The molecule has 1 aliphatic rings. The van der Waals surface area contributed by atoms with Crippen molar-refractivity contribution in [3.63, 3.8) is 0 Å². The smallest absolute Gasteiger partial charge is 0.293 e. The molecule has 1 heterocycles. The lowest BCUT2D eigenvalue weighted by atomic mass is 10.2. The number of aliphatic hydroxyl groups is 1. The second-order valence-corrected chi connectivity index (χ2v) is 6.56. The quantitative estimate of drug-likeness (QED) is 0.452. The van der Waals surface area contributed by atoms with Gasteiger partial charge in [-0.25, -0.2) is 13.6 Å². The van der Waals surface area contributed by atoms with Crippen LogP contribution in [0.25, 0.3) is 0 Å². The first-order valence-electron chi connectivity index (χ1n) is 6.84. The largest absolute Gasteiger partial charge is 0.378 e. The van der Waals surface area contributed by atoms with Gasteiger partial charge in [-0.3, -0.25) is 15.0 Å². The number of morpholine rings is 1. The van der Waals surface area contributed by atoms with Crippen molar-refractivity contribution < 1.29 is 23.2 Å². The van der Waals surface area contributed by atoms with E-state index in [2.05, 4.69) is 5.32 Å². The first-order valence-corrected chi connectivity index (χ1v) is 8.38. The number of benzene rings is 1. The van der Waals surface area contributed by atoms with Gasteiger partial charge in [0.1, 0.15) is 11.9 Å². The Morgan fingerprint density at radius 3 is 2.87 bits per heavy atom. The summed E-state index contributed by atoms with van der Waals surface area (Å²) in [4.78, 5) is 11.9. The van der Waals surface area contributed by atoms with Crippen LogP contribution in [0.3, 0.4) is 0 Å². The van der Waals surface area contributed by atoms with Crippen LogP contribution in [-0.2, 0) is 14.8 Å². The van der Waals surface area contributed by atoms with Crippen molar-refractivity contribution in [2.75, 3.05) is 38.2 Å². The lowest BCUT2D eigenvalue weighted by Crippen LogP contribution is -2.47. The van der Waals surface area contributed by atoms with Crippen LogP contribution in [0.15, 0.2) is 23.1 Å². The maximum absolute atomic E-state index is 11.3. The molecule has 0 bridgehead atoms. The van der Waals surface area contributed by atoms with Crippen LogP contribution in [0.2, 0.25) is 0 Å². The topological polar surface area (TPSA) is 148 Å². The van der Waals surface area contributed by atoms with Crippen molar-refractivity contribution in [1.29, 1.82) is 0 Å².